The molecule has 1 aromatic rings. The second kappa shape index (κ2) is 6.21. The highest BCUT2D eigenvalue weighted by molar-refractivity contribution is 7.80. The van der Waals surface area contributed by atoms with Gasteiger partial charge in [-0.25, -0.2) is 0 Å². The average Bonchev–Trinajstić information content (AvgIpc) is 2.41. The Morgan fingerprint density at radius 1 is 1.16 bits per heavy atom. The molecule has 19 heavy (non-hydrogen) atoms. The van der Waals surface area contributed by atoms with Gasteiger partial charge < -0.3 is 15.1 Å². The van der Waals surface area contributed by atoms with Gasteiger partial charge in [-0.15, -0.1) is 0 Å². The Balaban J connectivity index is 1.88. The van der Waals surface area contributed by atoms with E-state index >= 15 is 0 Å². The number of benzene rings is 1. The Kier molecular flexibility index (Phi) is 4.61. The third kappa shape index (κ3) is 3.81. The zero-order valence-electron chi connectivity index (χ0n) is 10.7. The van der Waals surface area contributed by atoms with Gasteiger partial charge in [0, 0.05) is 43.8 Å². The van der Waals surface area contributed by atoms with Crippen LogP contribution in [0, 0.1) is 0 Å². The normalized spacial score (nSPS) is 15.3. The lowest BCUT2D eigenvalue weighted by Crippen LogP contribution is -2.51. The van der Waals surface area contributed by atoms with E-state index in [1.165, 1.54) is 0 Å². The summed E-state index contributed by atoms with van der Waals surface area (Å²) in [5.41, 5.74) is 0.920. The largest absolute Gasteiger partial charge is 0.345 e. The van der Waals surface area contributed by atoms with Crippen LogP contribution in [0.5, 0.6) is 0 Å². The number of amides is 1. The fourth-order valence-electron chi connectivity index (χ4n) is 1.96. The van der Waals surface area contributed by atoms with Crippen LogP contribution in [-0.2, 0) is 4.79 Å². The summed E-state index contributed by atoms with van der Waals surface area (Å²) in [7, 11) is 0. The molecule has 1 N–H and O–H groups in total. The second-order valence-electron chi connectivity index (χ2n) is 4.43. The summed E-state index contributed by atoms with van der Waals surface area (Å²) in [5.74, 6) is 0.122. The summed E-state index contributed by atoms with van der Waals surface area (Å²) >= 11 is 11.2. The van der Waals surface area contributed by atoms with Gasteiger partial charge in [-0.05, 0) is 36.5 Å². The summed E-state index contributed by atoms with van der Waals surface area (Å²) in [6, 6.07) is 7.42. The van der Waals surface area contributed by atoms with Crippen LogP contribution in [0.2, 0.25) is 5.02 Å². The van der Waals surface area contributed by atoms with Crippen molar-refractivity contribution >= 4 is 40.5 Å². The third-order valence-corrected chi connectivity index (χ3v) is 3.72. The number of thiocarbonyl (C=S) groups is 1. The number of halogens is 1. The SMILES string of the molecule is CC(=O)N1CCN(C(=S)Nc2ccc(Cl)cc2)CC1. The van der Waals surface area contributed by atoms with Gasteiger partial charge in [0.15, 0.2) is 5.11 Å². The fraction of sp³-hybridized carbons (Fsp3) is 0.385. The molecular weight excluding hydrogens is 282 g/mol. The van der Waals surface area contributed by atoms with Crippen LogP contribution in [0.3, 0.4) is 0 Å². The molecule has 0 aromatic heterocycles. The second-order valence-corrected chi connectivity index (χ2v) is 5.25. The fourth-order valence-corrected chi connectivity index (χ4v) is 2.39. The van der Waals surface area contributed by atoms with Crippen molar-refractivity contribution in [3.05, 3.63) is 29.3 Å². The number of nitrogens with one attached hydrogen (secondary N) is 1. The molecule has 1 saturated heterocycles. The Morgan fingerprint density at radius 3 is 2.21 bits per heavy atom. The maximum atomic E-state index is 11.2. The van der Waals surface area contributed by atoms with Crippen molar-refractivity contribution in [1.82, 2.24) is 9.80 Å². The Hall–Kier alpha value is -1.33. The molecule has 102 valence electrons. The standard InChI is InChI=1S/C13H16ClN3OS/c1-10(18)16-6-8-17(9-7-16)13(19)15-12-4-2-11(14)3-5-12/h2-5H,6-9H2,1H3,(H,15,19). The average molecular weight is 298 g/mol. The first-order valence-corrected chi connectivity index (χ1v) is 6.92. The van der Waals surface area contributed by atoms with Gasteiger partial charge in [0.2, 0.25) is 5.91 Å². The molecule has 1 aliphatic heterocycles. The van der Waals surface area contributed by atoms with Crippen LogP contribution < -0.4 is 5.32 Å². The lowest BCUT2D eigenvalue weighted by Gasteiger charge is -2.35. The van der Waals surface area contributed by atoms with Crippen molar-refractivity contribution in [2.45, 2.75) is 6.92 Å². The minimum atomic E-state index is 0.122. The van der Waals surface area contributed by atoms with Crippen molar-refractivity contribution in [1.29, 1.82) is 0 Å². The van der Waals surface area contributed by atoms with Gasteiger partial charge in [-0.3, -0.25) is 4.79 Å². The molecule has 0 radical (unpaired) electrons. The quantitative estimate of drug-likeness (QED) is 0.806. The number of anilines is 1. The molecule has 1 fully saturated rings. The summed E-state index contributed by atoms with van der Waals surface area (Å²) in [5, 5.41) is 4.56. The van der Waals surface area contributed by atoms with E-state index in [-0.39, 0.29) is 5.91 Å². The highest BCUT2D eigenvalue weighted by Crippen LogP contribution is 2.14. The highest BCUT2D eigenvalue weighted by atomic mass is 35.5. The zero-order chi connectivity index (χ0) is 13.8. The molecule has 1 amide bonds. The molecule has 1 aliphatic rings. The number of rotatable bonds is 1. The van der Waals surface area contributed by atoms with Gasteiger partial charge in [0.25, 0.3) is 0 Å². The molecule has 1 heterocycles. The van der Waals surface area contributed by atoms with Crippen molar-refractivity contribution in [2.75, 3.05) is 31.5 Å². The summed E-state index contributed by atoms with van der Waals surface area (Å²) in [4.78, 5) is 15.2. The predicted octanol–water partition coefficient (Wildman–Crippen LogP) is 2.20. The van der Waals surface area contributed by atoms with Crippen molar-refractivity contribution in [3.63, 3.8) is 0 Å². The molecule has 0 atom stereocenters. The molecule has 2 rings (SSSR count). The minimum absolute atomic E-state index is 0.122. The van der Waals surface area contributed by atoms with E-state index in [1.807, 2.05) is 29.2 Å². The maximum Gasteiger partial charge on any atom is 0.219 e. The number of hydrogen-bond acceptors (Lipinski definition) is 2. The number of carbonyl (C=O) groups excluding carboxylic acids is 1. The van der Waals surface area contributed by atoms with Crippen molar-refractivity contribution in [3.8, 4) is 0 Å². The number of hydrogen-bond donors (Lipinski definition) is 1. The first-order chi connectivity index (χ1) is 9.06. The number of nitrogens with zero attached hydrogens (tertiary/aromatic N) is 2. The van der Waals surface area contributed by atoms with Gasteiger partial charge >= 0.3 is 0 Å². The summed E-state index contributed by atoms with van der Waals surface area (Å²) in [6.07, 6.45) is 0. The van der Waals surface area contributed by atoms with E-state index < -0.39 is 0 Å². The molecule has 4 nitrogen and oxygen atoms in total. The van der Waals surface area contributed by atoms with Crippen LogP contribution >= 0.6 is 23.8 Å². The first kappa shape index (κ1) is 14.1. The predicted molar refractivity (Wildman–Crippen MR) is 81.5 cm³/mol. The molecule has 0 aliphatic carbocycles. The van der Waals surface area contributed by atoms with Crippen LogP contribution in [0.15, 0.2) is 24.3 Å². The Labute approximate surface area is 123 Å². The lowest BCUT2D eigenvalue weighted by molar-refractivity contribution is -0.130. The monoisotopic (exact) mass is 297 g/mol. The van der Waals surface area contributed by atoms with E-state index in [0.29, 0.717) is 10.1 Å². The van der Waals surface area contributed by atoms with E-state index in [0.717, 1.165) is 31.9 Å². The lowest BCUT2D eigenvalue weighted by atomic mass is 10.3. The van der Waals surface area contributed by atoms with E-state index in [1.54, 1.807) is 6.92 Å². The first-order valence-electron chi connectivity index (χ1n) is 6.13. The molecular formula is C13H16ClN3OS. The van der Waals surface area contributed by atoms with Crippen LogP contribution in [0.1, 0.15) is 6.92 Å². The van der Waals surface area contributed by atoms with Gasteiger partial charge in [0.1, 0.15) is 0 Å². The highest BCUT2D eigenvalue weighted by Gasteiger charge is 2.20. The van der Waals surface area contributed by atoms with Gasteiger partial charge in [-0.2, -0.15) is 0 Å². The van der Waals surface area contributed by atoms with Crippen LogP contribution in [-0.4, -0.2) is 47.0 Å². The molecule has 0 spiro atoms. The summed E-state index contributed by atoms with van der Waals surface area (Å²) in [6.45, 7) is 4.56. The van der Waals surface area contributed by atoms with Crippen molar-refractivity contribution in [2.24, 2.45) is 0 Å². The molecule has 0 unspecified atom stereocenters. The van der Waals surface area contributed by atoms with Crippen LogP contribution in [0.4, 0.5) is 5.69 Å². The molecule has 6 heteroatoms. The zero-order valence-corrected chi connectivity index (χ0v) is 12.3. The van der Waals surface area contributed by atoms with Crippen molar-refractivity contribution < 1.29 is 4.79 Å². The molecule has 0 saturated carbocycles. The topological polar surface area (TPSA) is 35.6 Å². The Bertz CT molecular complexity index is 469. The maximum absolute atomic E-state index is 11.2. The minimum Gasteiger partial charge on any atom is -0.345 e. The molecule has 1 aromatic carbocycles. The third-order valence-electron chi connectivity index (χ3n) is 3.11. The van der Waals surface area contributed by atoms with Crippen LogP contribution in [0.25, 0.3) is 0 Å². The van der Waals surface area contributed by atoms with Gasteiger partial charge in [0.05, 0.1) is 0 Å². The smallest absolute Gasteiger partial charge is 0.219 e. The Morgan fingerprint density at radius 2 is 1.68 bits per heavy atom. The summed E-state index contributed by atoms with van der Waals surface area (Å²) < 4.78 is 0. The molecule has 0 bridgehead atoms. The van der Waals surface area contributed by atoms with E-state index in [9.17, 15) is 4.79 Å². The van der Waals surface area contributed by atoms with E-state index in [2.05, 4.69) is 10.2 Å². The number of piperazine rings is 1. The van der Waals surface area contributed by atoms with E-state index in [4.69, 9.17) is 23.8 Å². The van der Waals surface area contributed by atoms with Gasteiger partial charge in [-0.1, -0.05) is 11.6 Å². The number of carbonyl (C=O) groups is 1.